The molecule has 12 heteroatoms. The normalized spacial score (nSPS) is 11.1. The van der Waals surface area contributed by atoms with Crippen LogP contribution >= 0.6 is 11.6 Å². The quantitative estimate of drug-likeness (QED) is 0.169. The van der Waals surface area contributed by atoms with Gasteiger partial charge in [-0.25, -0.2) is 13.8 Å². The summed E-state index contributed by atoms with van der Waals surface area (Å²) in [6, 6.07) is 28.4. The molecule has 0 unspecified atom stereocenters. The Balaban J connectivity index is 1.34. The Bertz CT molecular complexity index is 1670. The zero-order chi connectivity index (χ0) is 30.7. The maximum absolute atomic E-state index is 13.5. The van der Waals surface area contributed by atoms with Gasteiger partial charge in [-0.2, -0.15) is 5.10 Å². The summed E-state index contributed by atoms with van der Waals surface area (Å²) in [4.78, 5) is 24.9. The number of carbonyl (C=O) groups excluding carboxylic acids is 2. The molecule has 0 saturated heterocycles. The van der Waals surface area contributed by atoms with Gasteiger partial charge in [-0.05, 0) is 65.7 Å². The van der Waals surface area contributed by atoms with Crippen molar-refractivity contribution in [3.63, 3.8) is 0 Å². The van der Waals surface area contributed by atoms with Crippen LogP contribution in [0.2, 0.25) is 5.02 Å². The van der Waals surface area contributed by atoms with Crippen LogP contribution in [0.1, 0.15) is 11.1 Å². The molecule has 0 aliphatic rings. The molecular weight excluding hydrogens is 592 g/mol. The predicted molar refractivity (Wildman–Crippen MR) is 165 cm³/mol. The third-order valence-corrected chi connectivity index (χ3v) is 8.11. The number of methoxy groups -OCH3 is 1. The molecule has 0 aliphatic carbocycles. The lowest BCUT2D eigenvalue weighted by Gasteiger charge is -2.24. The van der Waals surface area contributed by atoms with Crippen molar-refractivity contribution in [2.45, 2.75) is 11.4 Å². The Morgan fingerprint density at radius 2 is 1.58 bits per heavy atom. The van der Waals surface area contributed by atoms with Gasteiger partial charge in [0.15, 0.2) is 6.61 Å². The number of anilines is 1. The number of ether oxygens (including phenoxy) is 2. The van der Waals surface area contributed by atoms with E-state index in [1.165, 1.54) is 43.7 Å². The maximum atomic E-state index is 13.5. The van der Waals surface area contributed by atoms with Gasteiger partial charge in [0.25, 0.3) is 21.8 Å². The molecule has 4 rings (SSSR count). The molecule has 0 spiro atoms. The molecule has 4 aromatic rings. The number of nitrogens with one attached hydrogen (secondary N) is 2. The van der Waals surface area contributed by atoms with Crippen LogP contribution < -0.4 is 24.5 Å². The van der Waals surface area contributed by atoms with E-state index in [1.54, 1.807) is 42.5 Å². The van der Waals surface area contributed by atoms with Crippen LogP contribution in [-0.2, 0) is 26.2 Å². The number of nitrogens with zero attached hydrogens (tertiary/aromatic N) is 2. The van der Waals surface area contributed by atoms with Gasteiger partial charge >= 0.3 is 0 Å². The number of amides is 2. The average Bonchev–Trinajstić information content (AvgIpc) is 3.03. The molecule has 2 N–H and O–H groups in total. The molecule has 4 aromatic carbocycles. The van der Waals surface area contributed by atoms with E-state index in [1.807, 2.05) is 30.3 Å². The Labute approximate surface area is 254 Å². The number of hydrogen-bond donors (Lipinski definition) is 2. The highest BCUT2D eigenvalue weighted by Gasteiger charge is 2.27. The topological polar surface area (TPSA) is 126 Å². The minimum Gasteiger partial charge on any atom is -0.495 e. The number of rotatable bonds is 13. The number of sulfonamides is 1. The van der Waals surface area contributed by atoms with Crippen LogP contribution in [0.4, 0.5) is 5.69 Å². The number of halogens is 1. The lowest BCUT2D eigenvalue weighted by Crippen LogP contribution is -2.39. The van der Waals surface area contributed by atoms with E-state index in [4.69, 9.17) is 21.1 Å². The Morgan fingerprint density at radius 1 is 0.907 bits per heavy atom. The van der Waals surface area contributed by atoms with Crippen LogP contribution in [0.5, 0.6) is 11.5 Å². The fourth-order valence-electron chi connectivity index (χ4n) is 3.84. The Morgan fingerprint density at radius 3 is 2.23 bits per heavy atom. The first-order valence-electron chi connectivity index (χ1n) is 13.0. The highest BCUT2D eigenvalue weighted by molar-refractivity contribution is 7.92. The number of hydrazone groups is 1. The van der Waals surface area contributed by atoms with E-state index < -0.39 is 22.5 Å². The third-order valence-electron chi connectivity index (χ3n) is 6.03. The van der Waals surface area contributed by atoms with Gasteiger partial charge < -0.3 is 14.8 Å². The molecule has 0 saturated carbocycles. The van der Waals surface area contributed by atoms with Gasteiger partial charge in [0.05, 0.1) is 28.9 Å². The van der Waals surface area contributed by atoms with Crippen molar-refractivity contribution in [1.82, 2.24) is 10.7 Å². The molecule has 0 radical (unpaired) electrons. The van der Waals surface area contributed by atoms with E-state index in [2.05, 4.69) is 15.8 Å². The summed E-state index contributed by atoms with van der Waals surface area (Å²) in [5.74, 6) is -0.0863. The van der Waals surface area contributed by atoms with E-state index in [9.17, 15) is 18.0 Å². The van der Waals surface area contributed by atoms with Crippen LogP contribution in [0.15, 0.2) is 113 Å². The van der Waals surface area contributed by atoms with Crippen LogP contribution in [-0.4, -0.2) is 46.7 Å². The van der Waals surface area contributed by atoms with Gasteiger partial charge in [0.2, 0.25) is 0 Å². The zero-order valence-electron chi connectivity index (χ0n) is 23.1. The summed E-state index contributed by atoms with van der Waals surface area (Å²) in [5, 5.41) is 6.93. The SMILES string of the molecule is COc1ccc(N(CC(=O)N/N=C\c2ccc(OCC(=O)NCc3ccccc3)cc2)S(=O)(=O)c2ccccc2)cc1Cl. The largest absolute Gasteiger partial charge is 0.495 e. The standard InChI is InChI=1S/C31H29ClN4O6S/c1-41-29-17-14-25(18-28(29)32)36(43(39,40)27-10-6-3-7-11-27)21-30(37)35-34-20-24-12-15-26(16-13-24)42-22-31(38)33-19-23-8-4-2-5-9-23/h2-18,20H,19,21-22H2,1H3,(H,33,38)(H,35,37)/b34-20-. The number of hydrogen-bond acceptors (Lipinski definition) is 7. The van der Waals surface area contributed by atoms with Gasteiger partial charge in [-0.15, -0.1) is 0 Å². The molecule has 10 nitrogen and oxygen atoms in total. The van der Waals surface area contributed by atoms with Crippen molar-refractivity contribution in [2.75, 3.05) is 24.6 Å². The highest BCUT2D eigenvalue weighted by atomic mass is 35.5. The summed E-state index contributed by atoms with van der Waals surface area (Å²) >= 11 is 6.24. The minimum atomic E-state index is -4.12. The second-order valence-corrected chi connectivity index (χ2v) is 11.3. The van der Waals surface area contributed by atoms with Crippen molar-refractivity contribution in [2.24, 2.45) is 5.10 Å². The lowest BCUT2D eigenvalue weighted by atomic mass is 10.2. The summed E-state index contributed by atoms with van der Waals surface area (Å²) in [6.07, 6.45) is 1.40. The van der Waals surface area contributed by atoms with Crippen molar-refractivity contribution >= 4 is 45.3 Å². The molecule has 0 heterocycles. The first-order chi connectivity index (χ1) is 20.8. The van der Waals surface area contributed by atoms with Gasteiger partial charge in [-0.1, -0.05) is 60.1 Å². The predicted octanol–water partition coefficient (Wildman–Crippen LogP) is 4.39. The average molecular weight is 621 g/mol. The molecule has 222 valence electrons. The number of carbonyl (C=O) groups is 2. The monoisotopic (exact) mass is 620 g/mol. The smallest absolute Gasteiger partial charge is 0.264 e. The molecule has 43 heavy (non-hydrogen) atoms. The molecule has 0 aromatic heterocycles. The highest BCUT2D eigenvalue weighted by Crippen LogP contribution is 2.31. The molecule has 0 aliphatic heterocycles. The third kappa shape index (κ3) is 8.81. The van der Waals surface area contributed by atoms with E-state index in [0.717, 1.165) is 9.87 Å². The fourth-order valence-corrected chi connectivity index (χ4v) is 5.52. The molecule has 0 atom stereocenters. The molecule has 0 bridgehead atoms. The molecule has 0 fully saturated rings. The Kier molecular flexibility index (Phi) is 10.7. The maximum Gasteiger partial charge on any atom is 0.264 e. The van der Waals surface area contributed by atoms with Crippen LogP contribution in [0.25, 0.3) is 0 Å². The lowest BCUT2D eigenvalue weighted by molar-refractivity contribution is -0.123. The second kappa shape index (κ2) is 14.9. The van der Waals surface area contributed by atoms with E-state index >= 15 is 0 Å². The van der Waals surface area contributed by atoms with Crippen molar-refractivity contribution in [3.8, 4) is 11.5 Å². The van der Waals surface area contributed by atoms with E-state index in [-0.39, 0.29) is 28.1 Å². The van der Waals surface area contributed by atoms with Gasteiger partial charge in [0.1, 0.15) is 18.0 Å². The summed E-state index contributed by atoms with van der Waals surface area (Å²) in [7, 11) is -2.68. The summed E-state index contributed by atoms with van der Waals surface area (Å²) in [5.41, 5.74) is 4.16. The first-order valence-corrected chi connectivity index (χ1v) is 14.8. The van der Waals surface area contributed by atoms with Crippen LogP contribution in [0.3, 0.4) is 0 Å². The van der Waals surface area contributed by atoms with Gasteiger partial charge in [-0.3, -0.25) is 13.9 Å². The number of benzene rings is 4. The van der Waals surface area contributed by atoms with Crippen molar-refractivity contribution < 1.29 is 27.5 Å². The summed E-state index contributed by atoms with van der Waals surface area (Å²) < 4.78 is 38.5. The summed E-state index contributed by atoms with van der Waals surface area (Å²) in [6.45, 7) is -0.289. The van der Waals surface area contributed by atoms with Crippen molar-refractivity contribution in [1.29, 1.82) is 0 Å². The second-order valence-electron chi connectivity index (χ2n) is 9.06. The van der Waals surface area contributed by atoms with E-state index in [0.29, 0.717) is 23.6 Å². The zero-order valence-corrected chi connectivity index (χ0v) is 24.7. The first kappa shape index (κ1) is 31.1. The minimum absolute atomic E-state index is 0.00854. The Hall–Kier alpha value is -4.87. The molecule has 2 amide bonds. The van der Waals surface area contributed by atoms with Crippen molar-refractivity contribution in [3.05, 3.63) is 119 Å². The fraction of sp³-hybridized carbons (Fsp3) is 0.129. The van der Waals surface area contributed by atoms with Crippen LogP contribution in [0, 0.1) is 0 Å². The molecular formula is C31H29ClN4O6S. The van der Waals surface area contributed by atoms with Gasteiger partial charge in [0, 0.05) is 6.54 Å².